The smallest absolute Gasteiger partial charge is 0.148 e. The summed E-state index contributed by atoms with van der Waals surface area (Å²) in [6, 6.07) is 15.4. The quantitative estimate of drug-likeness (QED) is 0.135. The molecule has 9 nitrogen and oxygen atoms in total. The molecule has 8 aromatic rings. The van der Waals surface area contributed by atoms with Gasteiger partial charge in [-0.25, -0.2) is 28.7 Å². The van der Waals surface area contributed by atoms with E-state index in [-0.39, 0.29) is 11.6 Å². The highest BCUT2D eigenvalue weighted by molar-refractivity contribution is 7.20. The van der Waals surface area contributed by atoms with Crippen LogP contribution in [0.25, 0.3) is 52.0 Å². The molecule has 3 N–H and O–H groups in total. The van der Waals surface area contributed by atoms with Crippen LogP contribution in [0.1, 0.15) is 37.4 Å². The minimum absolute atomic E-state index is 0.275. The first-order valence-corrected chi connectivity index (χ1v) is 21.8. The van der Waals surface area contributed by atoms with Crippen LogP contribution in [0, 0.1) is 11.6 Å². The maximum Gasteiger partial charge on any atom is 0.148 e. The molecule has 57 heavy (non-hydrogen) atoms. The van der Waals surface area contributed by atoms with Crippen molar-refractivity contribution in [2.75, 3.05) is 30.3 Å². The SMILES string of the molecule is CC1NCC=C1c1cc2c(Nc3cc4ncsc4cc3F)ccnc2s1.CC=O.CCN1CC=C(c2cc3c(Nc4cc5ncsc5cc4F)ccnc3s2)C1C. The molecule has 6 aromatic heterocycles. The molecule has 0 radical (unpaired) electrons. The summed E-state index contributed by atoms with van der Waals surface area (Å²) < 4.78 is 30.7. The van der Waals surface area contributed by atoms with Crippen molar-refractivity contribution >= 4 is 126 Å². The third kappa shape index (κ3) is 7.95. The summed E-state index contributed by atoms with van der Waals surface area (Å²) >= 11 is 6.24. The van der Waals surface area contributed by atoms with Gasteiger partial charge < -0.3 is 20.7 Å². The molecule has 0 saturated carbocycles. The zero-order valence-corrected chi connectivity index (χ0v) is 34.7. The Morgan fingerprint density at radius 3 is 1.77 bits per heavy atom. The van der Waals surface area contributed by atoms with Crippen molar-refractivity contribution < 1.29 is 13.6 Å². The van der Waals surface area contributed by atoms with E-state index in [2.05, 4.69) is 85.8 Å². The van der Waals surface area contributed by atoms with E-state index in [0.717, 1.165) is 78.2 Å². The number of hydrogen-bond donors (Lipinski definition) is 3. The number of aldehydes is 1. The fraction of sp³-hybridized carbons (Fsp3) is 0.214. The van der Waals surface area contributed by atoms with E-state index in [1.807, 2.05) is 12.1 Å². The van der Waals surface area contributed by atoms with Gasteiger partial charge in [-0.1, -0.05) is 19.1 Å². The molecule has 8 heterocycles. The predicted octanol–water partition coefficient (Wildman–Crippen LogP) is 11.3. The Bertz CT molecular complexity index is 2800. The molecule has 2 unspecified atom stereocenters. The van der Waals surface area contributed by atoms with Crippen LogP contribution in [0.4, 0.5) is 31.5 Å². The van der Waals surface area contributed by atoms with Crippen LogP contribution in [0.5, 0.6) is 0 Å². The summed E-state index contributed by atoms with van der Waals surface area (Å²) in [4.78, 5) is 33.2. The molecule has 0 aliphatic carbocycles. The van der Waals surface area contributed by atoms with Crippen molar-refractivity contribution in [1.82, 2.24) is 30.2 Å². The van der Waals surface area contributed by atoms with Gasteiger partial charge in [0.25, 0.3) is 0 Å². The van der Waals surface area contributed by atoms with Crippen molar-refractivity contribution in [2.24, 2.45) is 0 Å². The Morgan fingerprint density at radius 2 is 1.30 bits per heavy atom. The third-order valence-electron chi connectivity index (χ3n) is 9.98. The van der Waals surface area contributed by atoms with Crippen LogP contribution in [-0.4, -0.2) is 62.8 Å². The van der Waals surface area contributed by atoms with E-state index in [9.17, 15) is 8.78 Å². The lowest BCUT2D eigenvalue weighted by Crippen LogP contribution is -2.28. The number of fused-ring (bicyclic) bond motifs is 4. The predicted molar refractivity (Wildman–Crippen MR) is 237 cm³/mol. The molecular weight excluding hydrogens is 799 g/mol. The van der Waals surface area contributed by atoms with Crippen molar-refractivity contribution in [2.45, 2.75) is 39.8 Å². The Balaban J connectivity index is 0.000000150. The summed E-state index contributed by atoms with van der Waals surface area (Å²) in [5, 5.41) is 11.9. The highest BCUT2D eigenvalue weighted by atomic mass is 32.1. The number of thiophene rings is 2. The first-order chi connectivity index (χ1) is 27.7. The van der Waals surface area contributed by atoms with Crippen molar-refractivity contribution in [1.29, 1.82) is 0 Å². The second-order valence-corrected chi connectivity index (χ2v) is 17.2. The molecule has 0 spiro atoms. The molecule has 290 valence electrons. The number of nitrogens with one attached hydrogen (secondary N) is 3. The van der Waals surface area contributed by atoms with Crippen LogP contribution < -0.4 is 16.0 Å². The van der Waals surface area contributed by atoms with Gasteiger partial charge in [-0.3, -0.25) is 4.90 Å². The number of carbonyl (C=O) groups is 1. The van der Waals surface area contributed by atoms with Crippen LogP contribution in [0.15, 0.2) is 84.1 Å². The van der Waals surface area contributed by atoms with Gasteiger partial charge in [0.1, 0.15) is 27.6 Å². The summed E-state index contributed by atoms with van der Waals surface area (Å²) in [6.45, 7) is 11.0. The molecule has 10 rings (SSSR count). The monoisotopic (exact) mass is 836 g/mol. The zero-order chi connectivity index (χ0) is 39.6. The van der Waals surface area contributed by atoms with E-state index < -0.39 is 0 Å². The zero-order valence-electron chi connectivity index (χ0n) is 31.5. The van der Waals surface area contributed by atoms with Crippen molar-refractivity contribution in [3.8, 4) is 0 Å². The number of likely N-dealkylation sites (N-methyl/N-ethyl adjacent to an activating group) is 1. The molecule has 2 aliphatic heterocycles. The second kappa shape index (κ2) is 16.8. The number of rotatable bonds is 7. The fourth-order valence-corrected chi connectivity index (χ4v) is 10.7. The molecule has 0 bridgehead atoms. The molecular formula is C42H38F2N8OS4. The maximum absolute atomic E-state index is 14.6. The standard InChI is InChI=1S/C21H19FN4S2.C19H15FN4S2.C2H4O/c1-3-26-7-5-13(12(26)2)19-8-14-16(4-6-23-21(14)28-19)25-17-10-18-20(9-15(17)22)27-11-24-18;1-10-11(2-4-21-10)17-6-12-14(3-5-22-19(12)26-17)24-15-8-16-18(7-13(15)20)25-9-23-16;1-2-3/h4-6,8-12H,3,7H2,1-2H3,(H,23,25);2-3,5-10,21H,4H2,1H3,(H,22,24);2H,1H3. The molecule has 2 aliphatic rings. The topological polar surface area (TPSA) is 108 Å². The molecule has 2 atom stereocenters. The number of nitrogens with zero attached hydrogens (tertiary/aromatic N) is 5. The number of benzene rings is 2. The number of aromatic nitrogens is 4. The van der Waals surface area contributed by atoms with E-state index in [1.54, 1.807) is 58.2 Å². The van der Waals surface area contributed by atoms with E-state index in [1.165, 1.54) is 62.6 Å². The van der Waals surface area contributed by atoms with E-state index in [0.29, 0.717) is 23.5 Å². The van der Waals surface area contributed by atoms with Gasteiger partial charge in [0.2, 0.25) is 0 Å². The molecule has 0 amide bonds. The number of carbonyl (C=O) groups excluding carboxylic acids is 1. The largest absolute Gasteiger partial charge is 0.352 e. The second-order valence-electron chi connectivity index (χ2n) is 13.4. The van der Waals surface area contributed by atoms with Gasteiger partial charge in [0, 0.05) is 58.1 Å². The lowest BCUT2D eigenvalue weighted by Gasteiger charge is -2.21. The highest BCUT2D eigenvalue weighted by Crippen LogP contribution is 2.40. The minimum Gasteiger partial charge on any atom is -0.352 e. The van der Waals surface area contributed by atoms with Gasteiger partial charge in [0.15, 0.2) is 0 Å². The van der Waals surface area contributed by atoms with Gasteiger partial charge >= 0.3 is 0 Å². The summed E-state index contributed by atoms with van der Waals surface area (Å²) in [5.74, 6) is -0.554. The Kier molecular flexibility index (Phi) is 11.5. The lowest BCUT2D eigenvalue weighted by molar-refractivity contribution is -0.106. The maximum atomic E-state index is 14.6. The van der Waals surface area contributed by atoms with Gasteiger partial charge in [-0.2, -0.15) is 0 Å². The molecule has 0 fully saturated rings. The lowest BCUT2D eigenvalue weighted by atomic mass is 10.1. The Labute approximate surface area is 343 Å². The first kappa shape index (κ1) is 38.8. The number of anilines is 4. The van der Waals surface area contributed by atoms with Crippen LogP contribution in [-0.2, 0) is 4.79 Å². The number of pyridine rings is 2. The van der Waals surface area contributed by atoms with Crippen molar-refractivity contribution in [3.63, 3.8) is 0 Å². The first-order valence-electron chi connectivity index (χ1n) is 18.4. The van der Waals surface area contributed by atoms with Crippen LogP contribution in [0.2, 0.25) is 0 Å². The van der Waals surface area contributed by atoms with E-state index >= 15 is 0 Å². The number of thiazole rings is 2. The molecule has 15 heteroatoms. The average Bonchev–Trinajstić information content (AvgIpc) is 4.06. The molecule has 0 saturated heterocycles. The Hall–Kier alpha value is -5.03. The fourth-order valence-electron chi connectivity index (χ4n) is 7.02. The minimum atomic E-state index is -0.279. The van der Waals surface area contributed by atoms with Gasteiger partial charge in [0.05, 0.1) is 54.2 Å². The van der Waals surface area contributed by atoms with Crippen molar-refractivity contribution in [3.05, 3.63) is 105 Å². The van der Waals surface area contributed by atoms with Crippen LogP contribution in [0.3, 0.4) is 0 Å². The average molecular weight is 837 g/mol. The Morgan fingerprint density at radius 1 is 0.772 bits per heavy atom. The summed E-state index contributed by atoms with van der Waals surface area (Å²) in [6.07, 6.45) is 8.81. The summed E-state index contributed by atoms with van der Waals surface area (Å²) in [5.41, 5.74) is 10.3. The van der Waals surface area contributed by atoms with Gasteiger partial charge in [-0.15, -0.1) is 45.3 Å². The van der Waals surface area contributed by atoms with E-state index in [4.69, 9.17) is 4.79 Å². The van der Waals surface area contributed by atoms with Crippen LogP contribution >= 0.6 is 45.3 Å². The molecule has 2 aromatic carbocycles. The summed E-state index contributed by atoms with van der Waals surface area (Å²) in [7, 11) is 0. The third-order valence-corrected chi connectivity index (χ3v) is 13.7. The van der Waals surface area contributed by atoms with Gasteiger partial charge in [-0.05, 0) is 87.0 Å². The normalized spacial score (nSPS) is 16.7. The number of hydrogen-bond acceptors (Lipinski definition) is 13. The number of halogens is 2. The highest BCUT2D eigenvalue weighted by Gasteiger charge is 2.25.